The molecule has 0 atom stereocenters. The summed E-state index contributed by atoms with van der Waals surface area (Å²) in [6.45, 7) is 2.29. The van der Waals surface area contributed by atoms with Gasteiger partial charge in [0, 0.05) is 0 Å². The lowest BCUT2D eigenvalue weighted by Gasteiger charge is -2.47. The Labute approximate surface area is 192 Å². The summed E-state index contributed by atoms with van der Waals surface area (Å²) in [5.74, 6) is 3.23. The van der Waals surface area contributed by atoms with E-state index < -0.39 is 9.44 Å². The van der Waals surface area contributed by atoms with Crippen molar-refractivity contribution < 1.29 is 16.6 Å². The van der Waals surface area contributed by atoms with Crippen LogP contribution in [-0.2, 0) is 15.2 Å². The normalized spacial score (nSPS) is 12.6. The monoisotopic (exact) mass is 450 g/mol. The molecule has 2 aromatic carbocycles. The highest BCUT2D eigenvalue weighted by Gasteiger charge is 2.40. The van der Waals surface area contributed by atoms with Crippen LogP contribution in [0.5, 0.6) is 5.75 Å². The second-order valence-corrected chi connectivity index (χ2v) is 14.8. The molecule has 0 amide bonds. The highest BCUT2D eigenvalue weighted by molar-refractivity contribution is 8.25. The van der Waals surface area contributed by atoms with Crippen LogP contribution in [0.4, 0.5) is 0 Å². The molecular formula is C27H43ClOS. The van der Waals surface area contributed by atoms with Gasteiger partial charge in [-0.05, 0) is 30.5 Å². The van der Waals surface area contributed by atoms with Crippen molar-refractivity contribution in [3.63, 3.8) is 0 Å². The third-order valence-corrected chi connectivity index (χ3v) is 9.27. The first-order valence-corrected chi connectivity index (χ1v) is 14.8. The average molecular weight is 451 g/mol. The Balaban J connectivity index is 0.00000450. The molecule has 0 aliphatic rings. The fraction of sp³-hybridized carbons (Fsp3) is 0.556. The molecule has 0 heterocycles. The van der Waals surface area contributed by atoms with E-state index in [0.717, 1.165) is 11.5 Å². The molecule has 0 saturated carbocycles. The predicted molar refractivity (Wildman–Crippen MR) is 133 cm³/mol. The van der Waals surface area contributed by atoms with E-state index in [4.69, 9.17) is 4.18 Å². The first kappa shape index (κ1) is 26.9. The Kier molecular flexibility index (Phi) is 12.6. The smallest absolute Gasteiger partial charge is 0.175 e. The summed E-state index contributed by atoms with van der Waals surface area (Å²) >= 11 is 0. The van der Waals surface area contributed by atoms with Crippen LogP contribution in [0.2, 0.25) is 0 Å². The van der Waals surface area contributed by atoms with Crippen molar-refractivity contribution >= 4 is 9.44 Å². The molecule has 0 aliphatic heterocycles. The van der Waals surface area contributed by atoms with Crippen molar-refractivity contribution in [2.75, 3.05) is 18.3 Å². The molecule has 0 saturated heterocycles. The number of unbranched alkanes of at least 4 members (excludes halogenated alkanes) is 9. The summed E-state index contributed by atoms with van der Waals surface area (Å²) in [5, 5.41) is 0. The van der Waals surface area contributed by atoms with E-state index in [1.807, 2.05) is 0 Å². The molecule has 0 spiro atoms. The molecule has 30 heavy (non-hydrogen) atoms. The molecule has 2 rings (SSSR count). The Hall–Kier alpha value is -1.12. The van der Waals surface area contributed by atoms with Gasteiger partial charge in [-0.25, -0.2) is 0 Å². The van der Waals surface area contributed by atoms with Crippen LogP contribution in [0.15, 0.2) is 60.7 Å². The maximum atomic E-state index is 6.78. The molecule has 0 radical (unpaired) electrons. The summed E-state index contributed by atoms with van der Waals surface area (Å²) in [4.78, 5) is 0. The van der Waals surface area contributed by atoms with Gasteiger partial charge in [-0.2, -0.15) is 0 Å². The van der Waals surface area contributed by atoms with E-state index >= 15 is 0 Å². The van der Waals surface area contributed by atoms with Gasteiger partial charge >= 0.3 is 0 Å². The van der Waals surface area contributed by atoms with Gasteiger partial charge in [-0.3, -0.25) is 0 Å². The van der Waals surface area contributed by atoms with Crippen molar-refractivity contribution in [1.82, 2.24) is 0 Å². The van der Waals surface area contributed by atoms with Crippen molar-refractivity contribution in [1.29, 1.82) is 0 Å². The SMILES string of the molecule is CCCCCCCCCCCC[S+](C)(C)(Cc1ccccc1)Oc1ccccc1.[Cl-]. The van der Waals surface area contributed by atoms with Crippen LogP contribution >= 0.6 is 0 Å². The lowest BCUT2D eigenvalue weighted by atomic mass is 10.1. The number of halogens is 1. The maximum absolute atomic E-state index is 6.78. The van der Waals surface area contributed by atoms with Gasteiger partial charge in [0.1, 0.15) is 0 Å². The van der Waals surface area contributed by atoms with Crippen LogP contribution < -0.4 is 16.6 Å². The van der Waals surface area contributed by atoms with Crippen LogP contribution in [0.1, 0.15) is 76.7 Å². The zero-order valence-electron chi connectivity index (χ0n) is 19.5. The van der Waals surface area contributed by atoms with E-state index in [0.29, 0.717) is 0 Å². The second kappa shape index (κ2) is 14.0. The first-order valence-electron chi connectivity index (χ1n) is 11.6. The Morgan fingerprint density at radius 3 is 1.63 bits per heavy atom. The molecule has 3 heteroatoms. The van der Waals surface area contributed by atoms with Gasteiger partial charge in [0.05, 0.1) is 24.0 Å². The minimum Gasteiger partial charge on any atom is -1.00 e. The fourth-order valence-electron chi connectivity index (χ4n) is 4.08. The highest BCUT2D eigenvalue weighted by Crippen LogP contribution is 2.39. The Bertz CT molecular complexity index is 626. The van der Waals surface area contributed by atoms with Crippen LogP contribution in [0, 0.1) is 0 Å². The number of para-hydroxylation sites is 1. The van der Waals surface area contributed by atoms with Crippen molar-refractivity contribution in [3.8, 4) is 5.75 Å². The zero-order chi connectivity index (χ0) is 20.9. The van der Waals surface area contributed by atoms with Crippen molar-refractivity contribution in [2.45, 2.75) is 76.9 Å². The number of hydrogen-bond acceptors (Lipinski definition) is 1. The molecule has 2 aromatic rings. The standard InChI is InChI=1S/C27H43OS.ClH/c1-4-5-6-7-8-9-10-11-12-19-24-29(2,3,25-26-20-15-13-16-21-26)28-27-22-17-14-18-23-27;/h13-18,20-23H,4-12,19,24-25H2,1-3H3;1H/q+1;/p-1. The topological polar surface area (TPSA) is 9.23 Å². The third kappa shape index (κ3) is 10.8. The van der Waals surface area contributed by atoms with Crippen LogP contribution in [-0.4, -0.2) is 18.3 Å². The zero-order valence-corrected chi connectivity index (χ0v) is 21.0. The van der Waals surface area contributed by atoms with Gasteiger partial charge in [0.15, 0.2) is 5.75 Å². The van der Waals surface area contributed by atoms with Gasteiger partial charge in [-0.15, -0.1) is 0 Å². The fourth-order valence-corrected chi connectivity index (χ4v) is 7.47. The van der Waals surface area contributed by atoms with Gasteiger partial charge < -0.3 is 16.6 Å². The predicted octanol–water partition coefficient (Wildman–Crippen LogP) is 5.05. The minimum atomic E-state index is -2.02. The summed E-state index contributed by atoms with van der Waals surface area (Å²) in [6, 6.07) is 21.3. The first-order chi connectivity index (χ1) is 14.0. The second-order valence-electron chi connectivity index (χ2n) is 9.25. The maximum Gasteiger partial charge on any atom is 0.175 e. The largest absolute Gasteiger partial charge is 1.00 e. The van der Waals surface area contributed by atoms with Gasteiger partial charge in [-0.1, -0.05) is 116 Å². The molecule has 0 N–H and O–H groups in total. The summed E-state index contributed by atoms with van der Waals surface area (Å²) in [6.07, 6.45) is 18.6. The van der Waals surface area contributed by atoms with Crippen LogP contribution in [0.3, 0.4) is 0 Å². The van der Waals surface area contributed by atoms with E-state index in [-0.39, 0.29) is 12.4 Å². The molecule has 0 unspecified atom stereocenters. The van der Waals surface area contributed by atoms with Crippen LogP contribution in [0.25, 0.3) is 0 Å². The molecule has 0 aromatic heterocycles. The van der Waals surface area contributed by atoms with Crippen molar-refractivity contribution in [2.24, 2.45) is 0 Å². The molecular weight excluding hydrogens is 408 g/mol. The number of rotatable bonds is 15. The lowest BCUT2D eigenvalue weighted by Crippen LogP contribution is -3.00. The minimum absolute atomic E-state index is 0. The summed E-state index contributed by atoms with van der Waals surface area (Å²) in [5.41, 5.74) is 1.39. The van der Waals surface area contributed by atoms with E-state index in [9.17, 15) is 0 Å². The van der Waals surface area contributed by atoms with E-state index in [2.05, 4.69) is 80.1 Å². The molecule has 0 aliphatic carbocycles. The van der Waals surface area contributed by atoms with Crippen molar-refractivity contribution in [3.05, 3.63) is 66.2 Å². The highest BCUT2D eigenvalue weighted by atomic mass is 35.5. The Morgan fingerprint density at radius 2 is 1.10 bits per heavy atom. The van der Waals surface area contributed by atoms with E-state index in [1.165, 1.54) is 75.5 Å². The lowest BCUT2D eigenvalue weighted by molar-refractivity contribution is -0.00000731. The van der Waals surface area contributed by atoms with Gasteiger partial charge in [0.25, 0.3) is 0 Å². The molecule has 170 valence electrons. The summed E-state index contributed by atoms with van der Waals surface area (Å²) in [7, 11) is -2.02. The molecule has 0 bridgehead atoms. The number of benzene rings is 2. The molecule has 0 fully saturated rings. The third-order valence-electron chi connectivity index (χ3n) is 5.72. The Morgan fingerprint density at radius 1 is 0.633 bits per heavy atom. The quantitative estimate of drug-likeness (QED) is 0.272. The number of hydrogen-bond donors (Lipinski definition) is 0. The van der Waals surface area contributed by atoms with Gasteiger partial charge in [0.2, 0.25) is 0 Å². The molecule has 1 nitrogen and oxygen atoms in total. The van der Waals surface area contributed by atoms with E-state index in [1.54, 1.807) is 0 Å². The average Bonchev–Trinajstić information content (AvgIpc) is 2.70. The summed E-state index contributed by atoms with van der Waals surface area (Å²) < 4.78 is 6.78.